The molecule has 1 heterocycles. The van der Waals surface area contributed by atoms with E-state index in [1.807, 2.05) is 60.7 Å². The van der Waals surface area contributed by atoms with Gasteiger partial charge in [-0.15, -0.1) is 0 Å². The van der Waals surface area contributed by atoms with Gasteiger partial charge in [-0.2, -0.15) is 5.26 Å². The summed E-state index contributed by atoms with van der Waals surface area (Å²) < 4.78 is 0. The summed E-state index contributed by atoms with van der Waals surface area (Å²) in [6, 6.07) is 29.2. The van der Waals surface area contributed by atoms with Crippen molar-refractivity contribution in [3.63, 3.8) is 0 Å². The zero-order chi connectivity index (χ0) is 26.0. The van der Waals surface area contributed by atoms with Gasteiger partial charge in [-0.3, -0.25) is 14.6 Å². The van der Waals surface area contributed by atoms with Gasteiger partial charge in [0.15, 0.2) is 0 Å². The minimum atomic E-state index is -0.993. The second-order valence-electron chi connectivity index (χ2n) is 8.88. The quantitative estimate of drug-likeness (QED) is 0.315. The second-order valence-corrected chi connectivity index (χ2v) is 8.88. The molecular weight excluding hydrogens is 462 g/mol. The number of hydrogen-bond acceptors (Lipinski definition) is 4. The monoisotopic (exact) mass is 489 g/mol. The minimum absolute atomic E-state index is 0.199. The molecule has 0 saturated carbocycles. The van der Waals surface area contributed by atoms with E-state index in [4.69, 9.17) is 0 Å². The summed E-state index contributed by atoms with van der Waals surface area (Å²) >= 11 is 0. The van der Waals surface area contributed by atoms with E-state index in [0.717, 1.165) is 22.3 Å². The van der Waals surface area contributed by atoms with Crippen LogP contribution in [-0.2, 0) is 17.6 Å². The van der Waals surface area contributed by atoms with Crippen molar-refractivity contribution in [3.05, 3.63) is 126 Å². The number of carboxylic acid groups (broad SMARTS) is 1. The molecule has 0 radical (unpaired) electrons. The number of aryl methyl sites for hydroxylation is 1. The Morgan fingerprint density at radius 1 is 0.892 bits per heavy atom. The molecule has 2 atom stereocenters. The maximum absolute atomic E-state index is 13.2. The van der Waals surface area contributed by atoms with Crippen LogP contribution in [-0.4, -0.2) is 28.0 Å². The van der Waals surface area contributed by atoms with Gasteiger partial charge in [0, 0.05) is 24.0 Å². The number of amides is 1. The molecule has 1 aromatic heterocycles. The third-order valence-corrected chi connectivity index (χ3v) is 6.36. The van der Waals surface area contributed by atoms with Crippen molar-refractivity contribution in [1.29, 1.82) is 5.26 Å². The van der Waals surface area contributed by atoms with Crippen LogP contribution in [0.4, 0.5) is 0 Å². The highest BCUT2D eigenvalue weighted by molar-refractivity contribution is 5.95. The zero-order valence-corrected chi connectivity index (χ0v) is 20.2. The summed E-state index contributed by atoms with van der Waals surface area (Å²) in [6.07, 6.45) is 4.74. The average molecular weight is 490 g/mol. The van der Waals surface area contributed by atoms with Crippen LogP contribution in [0.3, 0.4) is 0 Å². The van der Waals surface area contributed by atoms with Crippen LogP contribution >= 0.6 is 0 Å². The molecule has 6 nitrogen and oxygen atoms in total. The lowest BCUT2D eigenvalue weighted by Gasteiger charge is -2.26. The van der Waals surface area contributed by atoms with E-state index in [-0.39, 0.29) is 12.3 Å². The maximum Gasteiger partial charge on any atom is 0.308 e. The predicted molar refractivity (Wildman–Crippen MR) is 142 cm³/mol. The van der Waals surface area contributed by atoms with Gasteiger partial charge in [0.05, 0.1) is 17.6 Å². The van der Waals surface area contributed by atoms with Gasteiger partial charge in [-0.05, 0) is 71.8 Å². The highest BCUT2D eigenvalue weighted by Crippen LogP contribution is 2.21. The van der Waals surface area contributed by atoms with Crippen LogP contribution in [0.1, 0.15) is 33.5 Å². The first-order chi connectivity index (χ1) is 18.0. The molecule has 2 N–H and O–H groups in total. The lowest BCUT2D eigenvalue weighted by molar-refractivity contribution is -0.142. The fraction of sp³-hybridized carbons (Fsp3) is 0.161. The third kappa shape index (κ3) is 6.89. The molecule has 0 saturated heterocycles. The number of nitriles is 1. The predicted octanol–water partition coefficient (Wildman–Crippen LogP) is 5.29. The van der Waals surface area contributed by atoms with E-state index in [1.165, 1.54) is 0 Å². The molecule has 184 valence electrons. The molecule has 0 fully saturated rings. The van der Waals surface area contributed by atoms with Crippen molar-refractivity contribution in [3.8, 4) is 17.2 Å². The Balaban J connectivity index is 1.56. The number of carbonyl (C=O) groups is 2. The molecule has 0 spiro atoms. The molecule has 1 amide bonds. The van der Waals surface area contributed by atoms with Gasteiger partial charge < -0.3 is 10.4 Å². The van der Waals surface area contributed by atoms with Crippen LogP contribution in [0, 0.1) is 17.2 Å². The molecule has 4 aromatic rings. The van der Waals surface area contributed by atoms with E-state index in [9.17, 15) is 20.0 Å². The summed E-state index contributed by atoms with van der Waals surface area (Å²) in [7, 11) is 0. The van der Waals surface area contributed by atoms with Crippen molar-refractivity contribution in [2.24, 2.45) is 5.92 Å². The molecule has 37 heavy (non-hydrogen) atoms. The number of aromatic nitrogens is 1. The Labute approximate surface area is 216 Å². The SMILES string of the molecule is N#Cc1cccc(C[C@@H](C(=O)O)C(CCc2ccccc2)NC(=O)c2ccc(-c3cccnc3)cc2)c1. The molecule has 0 aliphatic carbocycles. The second kappa shape index (κ2) is 12.3. The van der Waals surface area contributed by atoms with E-state index in [1.54, 1.807) is 42.7 Å². The number of carboxylic acids is 1. The highest BCUT2D eigenvalue weighted by atomic mass is 16.4. The molecule has 3 aromatic carbocycles. The molecule has 0 bridgehead atoms. The summed E-state index contributed by atoms with van der Waals surface area (Å²) in [5.74, 6) is -2.18. The first-order valence-corrected chi connectivity index (χ1v) is 12.1. The number of benzene rings is 3. The molecule has 1 unspecified atom stereocenters. The third-order valence-electron chi connectivity index (χ3n) is 6.36. The van der Waals surface area contributed by atoms with Gasteiger partial charge in [0.1, 0.15) is 0 Å². The Morgan fingerprint density at radius 2 is 1.65 bits per heavy atom. The lowest BCUT2D eigenvalue weighted by Crippen LogP contribution is -2.44. The van der Waals surface area contributed by atoms with E-state index in [2.05, 4.69) is 16.4 Å². The number of rotatable bonds is 10. The Hall–Kier alpha value is -4.76. The maximum atomic E-state index is 13.2. The highest BCUT2D eigenvalue weighted by Gasteiger charge is 2.30. The van der Waals surface area contributed by atoms with Crippen molar-refractivity contribution >= 4 is 11.9 Å². The summed E-state index contributed by atoms with van der Waals surface area (Å²) in [5, 5.41) is 22.4. The Morgan fingerprint density at radius 3 is 2.32 bits per heavy atom. The summed E-state index contributed by atoms with van der Waals surface area (Å²) in [5.41, 5.74) is 4.62. The van der Waals surface area contributed by atoms with Gasteiger partial charge >= 0.3 is 5.97 Å². The number of hydrogen-bond donors (Lipinski definition) is 2. The number of nitrogens with one attached hydrogen (secondary N) is 1. The van der Waals surface area contributed by atoms with Gasteiger partial charge in [0.25, 0.3) is 5.91 Å². The van der Waals surface area contributed by atoms with Gasteiger partial charge in [-0.1, -0.05) is 60.7 Å². The van der Waals surface area contributed by atoms with Crippen LogP contribution < -0.4 is 5.32 Å². The fourth-order valence-electron chi connectivity index (χ4n) is 4.36. The van der Waals surface area contributed by atoms with Gasteiger partial charge in [-0.25, -0.2) is 0 Å². The van der Waals surface area contributed by atoms with Crippen LogP contribution in [0.15, 0.2) is 103 Å². The molecule has 6 heteroatoms. The van der Waals surface area contributed by atoms with Crippen LogP contribution in [0.5, 0.6) is 0 Å². The van der Waals surface area contributed by atoms with Crippen molar-refractivity contribution in [2.45, 2.75) is 25.3 Å². The number of nitrogens with zero attached hydrogens (tertiary/aromatic N) is 2. The standard InChI is InChI=1S/C31H27N3O3/c32-20-24-9-4-8-23(18-24)19-28(31(36)37)29(16-11-22-6-2-1-3-7-22)34-30(35)26-14-12-25(13-15-26)27-10-5-17-33-21-27/h1-10,12-15,17-18,21,28-29H,11,16,19H2,(H,34,35)(H,36,37)/t28-,29?/m1/s1. The largest absolute Gasteiger partial charge is 0.481 e. The minimum Gasteiger partial charge on any atom is -0.481 e. The normalized spacial score (nSPS) is 12.2. The average Bonchev–Trinajstić information content (AvgIpc) is 2.95. The lowest BCUT2D eigenvalue weighted by atomic mass is 9.87. The molecule has 4 rings (SSSR count). The van der Waals surface area contributed by atoms with E-state index in [0.29, 0.717) is 24.0 Å². The van der Waals surface area contributed by atoms with Crippen molar-refractivity contribution in [1.82, 2.24) is 10.3 Å². The van der Waals surface area contributed by atoms with Crippen molar-refractivity contribution in [2.75, 3.05) is 0 Å². The molecular formula is C31H27N3O3. The topological polar surface area (TPSA) is 103 Å². The Kier molecular flexibility index (Phi) is 8.41. The van der Waals surface area contributed by atoms with Crippen LogP contribution in [0.2, 0.25) is 0 Å². The van der Waals surface area contributed by atoms with E-state index < -0.39 is 17.9 Å². The smallest absolute Gasteiger partial charge is 0.308 e. The Bertz CT molecular complexity index is 1380. The van der Waals surface area contributed by atoms with Crippen LogP contribution in [0.25, 0.3) is 11.1 Å². The summed E-state index contributed by atoms with van der Waals surface area (Å²) in [4.78, 5) is 29.8. The number of aliphatic carboxylic acids is 1. The fourth-order valence-corrected chi connectivity index (χ4v) is 4.36. The van der Waals surface area contributed by atoms with Gasteiger partial charge in [0.2, 0.25) is 0 Å². The number of pyridine rings is 1. The summed E-state index contributed by atoms with van der Waals surface area (Å²) in [6.45, 7) is 0. The first-order valence-electron chi connectivity index (χ1n) is 12.1. The molecule has 0 aliphatic heterocycles. The first kappa shape index (κ1) is 25.3. The molecule has 0 aliphatic rings. The number of carbonyl (C=O) groups excluding carboxylic acids is 1. The van der Waals surface area contributed by atoms with E-state index >= 15 is 0 Å². The zero-order valence-electron chi connectivity index (χ0n) is 20.2. The van der Waals surface area contributed by atoms with Crippen molar-refractivity contribution < 1.29 is 14.7 Å².